The van der Waals surface area contributed by atoms with E-state index in [1.165, 1.54) is 6.20 Å². The summed E-state index contributed by atoms with van der Waals surface area (Å²) in [6.07, 6.45) is 1.62. The van der Waals surface area contributed by atoms with Crippen LogP contribution in [0.2, 0.25) is 0 Å². The first kappa shape index (κ1) is 15.7. The molecule has 110 valence electrons. The number of rotatable bonds is 7. The standard InChI is InChI=1S/C13H20N4O3/c1-3-4-15-11-7-9(2)17-8-10(11)12(18)16-5-6-20-13(14)19/h7-8H,3-6H2,1-2H3,(H2,14,19)(H,15,17)(H,16,18). The van der Waals surface area contributed by atoms with Gasteiger partial charge in [-0.15, -0.1) is 0 Å². The minimum absolute atomic E-state index is 0.0398. The van der Waals surface area contributed by atoms with Gasteiger partial charge in [0.25, 0.3) is 5.91 Å². The Morgan fingerprint density at radius 2 is 2.15 bits per heavy atom. The highest BCUT2D eigenvalue weighted by atomic mass is 16.5. The lowest BCUT2D eigenvalue weighted by Crippen LogP contribution is -2.29. The molecule has 2 amide bonds. The zero-order valence-corrected chi connectivity index (χ0v) is 11.7. The number of hydrogen-bond donors (Lipinski definition) is 3. The molecule has 7 heteroatoms. The molecule has 0 saturated carbocycles. The van der Waals surface area contributed by atoms with Crippen LogP contribution in [-0.4, -0.2) is 36.7 Å². The van der Waals surface area contributed by atoms with Crippen molar-refractivity contribution in [2.75, 3.05) is 25.0 Å². The third-order valence-corrected chi connectivity index (χ3v) is 2.48. The van der Waals surface area contributed by atoms with E-state index in [4.69, 9.17) is 5.73 Å². The highest BCUT2D eigenvalue weighted by Gasteiger charge is 2.11. The first-order chi connectivity index (χ1) is 9.54. The fraction of sp³-hybridized carbons (Fsp3) is 0.462. The van der Waals surface area contributed by atoms with Crippen LogP contribution < -0.4 is 16.4 Å². The van der Waals surface area contributed by atoms with Gasteiger partial charge in [0.2, 0.25) is 0 Å². The average Bonchev–Trinajstić information content (AvgIpc) is 2.41. The molecule has 1 aromatic rings. The topological polar surface area (TPSA) is 106 Å². The van der Waals surface area contributed by atoms with E-state index in [1.54, 1.807) is 0 Å². The van der Waals surface area contributed by atoms with E-state index in [9.17, 15) is 9.59 Å². The molecular formula is C13H20N4O3. The number of primary amides is 1. The van der Waals surface area contributed by atoms with Crippen molar-refractivity contribution in [3.05, 3.63) is 23.5 Å². The SMILES string of the molecule is CCCNc1cc(C)ncc1C(=O)NCCOC(N)=O. The van der Waals surface area contributed by atoms with Gasteiger partial charge in [-0.25, -0.2) is 4.79 Å². The molecule has 0 aliphatic carbocycles. The monoisotopic (exact) mass is 280 g/mol. The maximum absolute atomic E-state index is 12.0. The van der Waals surface area contributed by atoms with E-state index in [0.717, 1.165) is 24.3 Å². The normalized spacial score (nSPS) is 9.90. The van der Waals surface area contributed by atoms with Gasteiger partial charge in [-0.3, -0.25) is 9.78 Å². The number of aromatic nitrogens is 1. The third kappa shape index (κ3) is 5.13. The van der Waals surface area contributed by atoms with Crippen LogP contribution in [-0.2, 0) is 4.74 Å². The summed E-state index contributed by atoms with van der Waals surface area (Å²) in [7, 11) is 0. The van der Waals surface area contributed by atoms with E-state index >= 15 is 0 Å². The minimum Gasteiger partial charge on any atom is -0.448 e. The number of pyridine rings is 1. The predicted octanol–water partition coefficient (Wildman–Crippen LogP) is 1.04. The molecule has 4 N–H and O–H groups in total. The second kappa shape index (κ2) is 7.98. The number of hydrogen-bond acceptors (Lipinski definition) is 5. The lowest BCUT2D eigenvalue weighted by atomic mass is 10.2. The van der Waals surface area contributed by atoms with Gasteiger partial charge in [0.1, 0.15) is 6.61 Å². The number of anilines is 1. The van der Waals surface area contributed by atoms with Crippen molar-refractivity contribution < 1.29 is 14.3 Å². The molecule has 1 rings (SSSR count). The molecular weight excluding hydrogens is 260 g/mol. The van der Waals surface area contributed by atoms with Gasteiger partial charge in [0.05, 0.1) is 17.8 Å². The smallest absolute Gasteiger partial charge is 0.404 e. The molecule has 0 atom stereocenters. The van der Waals surface area contributed by atoms with Crippen LogP contribution in [0.1, 0.15) is 29.4 Å². The largest absolute Gasteiger partial charge is 0.448 e. The molecule has 0 unspecified atom stereocenters. The minimum atomic E-state index is -0.860. The second-order valence-corrected chi connectivity index (χ2v) is 4.22. The lowest BCUT2D eigenvalue weighted by molar-refractivity contribution is 0.0937. The number of carbonyl (C=O) groups excluding carboxylic acids is 2. The zero-order valence-electron chi connectivity index (χ0n) is 11.7. The van der Waals surface area contributed by atoms with Gasteiger partial charge in [-0.05, 0) is 19.4 Å². The Kier molecular flexibility index (Phi) is 6.28. The summed E-state index contributed by atoms with van der Waals surface area (Å²) < 4.78 is 4.54. The maximum Gasteiger partial charge on any atom is 0.404 e. The number of aryl methyl sites for hydroxylation is 1. The molecule has 0 aliphatic rings. The molecule has 1 aromatic heterocycles. The van der Waals surface area contributed by atoms with E-state index in [0.29, 0.717) is 5.56 Å². The van der Waals surface area contributed by atoms with Crippen LogP contribution in [0, 0.1) is 6.92 Å². The highest BCUT2D eigenvalue weighted by molar-refractivity contribution is 5.99. The summed E-state index contributed by atoms with van der Waals surface area (Å²) in [5.74, 6) is -0.274. The fourth-order valence-corrected chi connectivity index (χ4v) is 1.56. The van der Waals surface area contributed by atoms with Gasteiger partial charge < -0.3 is 21.1 Å². The van der Waals surface area contributed by atoms with Crippen molar-refractivity contribution in [1.82, 2.24) is 10.3 Å². The van der Waals surface area contributed by atoms with E-state index in [2.05, 4.69) is 20.4 Å². The number of nitrogens with zero attached hydrogens (tertiary/aromatic N) is 1. The van der Waals surface area contributed by atoms with Crippen LogP contribution in [0.5, 0.6) is 0 Å². The first-order valence-electron chi connectivity index (χ1n) is 6.45. The Bertz CT molecular complexity index is 477. The van der Waals surface area contributed by atoms with Crippen molar-refractivity contribution in [2.24, 2.45) is 5.73 Å². The molecule has 0 radical (unpaired) electrons. The molecule has 1 heterocycles. The number of carbonyl (C=O) groups is 2. The van der Waals surface area contributed by atoms with E-state index < -0.39 is 6.09 Å². The van der Waals surface area contributed by atoms with E-state index in [-0.39, 0.29) is 19.1 Å². The molecule has 0 spiro atoms. The Morgan fingerprint density at radius 1 is 1.40 bits per heavy atom. The van der Waals surface area contributed by atoms with Crippen LogP contribution in [0.4, 0.5) is 10.5 Å². The number of ether oxygens (including phenoxy) is 1. The third-order valence-electron chi connectivity index (χ3n) is 2.48. The van der Waals surface area contributed by atoms with Gasteiger partial charge in [-0.2, -0.15) is 0 Å². The molecule has 0 fully saturated rings. The Morgan fingerprint density at radius 3 is 2.80 bits per heavy atom. The molecule has 0 aromatic carbocycles. The van der Waals surface area contributed by atoms with Crippen LogP contribution in [0.3, 0.4) is 0 Å². The zero-order chi connectivity index (χ0) is 15.0. The summed E-state index contributed by atoms with van der Waals surface area (Å²) >= 11 is 0. The van der Waals surface area contributed by atoms with Gasteiger partial charge in [-0.1, -0.05) is 6.92 Å². The number of nitrogens with two attached hydrogens (primary N) is 1. The second-order valence-electron chi connectivity index (χ2n) is 4.22. The van der Waals surface area contributed by atoms with Crippen LogP contribution in [0.25, 0.3) is 0 Å². The van der Waals surface area contributed by atoms with Gasteiger partial charge >= 0.3 is 6.09 Å². The Labute approximate surface area is 117 Å². The average molecular weight is 280 g/mol. The molecule has 20 heavy (non-hydrogen) atoms. The van der Waals surface area contributed by atoms with Gasteiger partial charge in [0.15, 0.2) is 0 Å². The highest BCUT2D eigenvalue weighted by Crippen LogP contribution is 2.15. The molecule has 7 nitrogen and oxygen atoms in total. The molecule has 0 aliphatic heterocycles. The Balaban J connectivity index is 2.63. The summed E-state index contributed by atoms with van der Waals surface area (Å²) in [6, 6.07) is 1.82. The van der Waals surface area contributed by atoms with Crippen LogP contribution in [0.15, 0.2) is 12.3 Å². The summed E-state index contributed by atoms with van der Waals surface area (Å²) in [5, 5.41) is 5.83. The fourth-order valence-electron chi connectivity index (χ4n) is 1.56. The van der Waals surface area contributed by atoms with Crippen molar-refractivity contribution in [3.63, 3.8) is 0 Å². The van der Waals surface area contributed by atoms with Gasteiger partial charge in [0, 0.05) is 18.4 Å². The summed E-state index contributed by atoms with van der Waals surface area (Å²) in [5.41, 5.74) is 6.86. The van der Waals surface area contributed by atoms with Crippen LogP contribution >= 0.6 is 0 Å². The molecule has 0 saturated heterocycles. The first-order valence-corrected chi connectivity index (χ1v) is 6.45. The Hall–Kier alpha value is -2.31. The lowest BCUT2D eigenvalue weighted by Gasteiger charge is -2.12. The number of amides is 2. The predicted molar refractivity (Wildman–Crippen MR) is 75.6 cm³/mol. The van der Waals surface area contributed by atoms with Crippen molar-refractivity contribution in [3.8, 4) is 0 Å². The number of nitrogens with one attached hydrogen (secondary N) is 2. The van der Waals surface area contributed by atoms with Crippen molar-refractivity contribution in [2.45, 2.75) is 20.3 Å². The van der Waals surface area contributed by atoms with Crippen molar-refractivity contribution >= 4 is 17.7 Å². The maximum atomic E-state index is 12.0. The molecule has 0 bridgehead atoms. The quantitative estimate of drug-likeness (QED) is 0.647. The summed E-state index contributed by atoms with van der Waals surface area (Å²) in [6.45, 7) is 4.91. The van der Waals surface area contributed by atoms with Crippen molar-refractivity contribution in [1.29, 1.82) is 0 Å². The van der Waals surface area contributed by atoms with E-state index in [1.807, 2.05) is 19.9 Å². The summed E-state index contributed by atoms with van der Waals surface area (Å²) in [4.78, 5) is 26.5.